The minimum Gasteiger partial charge on any atom is -0.480 e. The zero-order valence-corrected chi connectivity index (χ0v) is 27.6. The summed E-state index contributed by atoms with van der Waals surface area (Å²) in [6, 6.07) is 16.8. The number of ether oxygens (including phenoxy) is 1. The van der Waals surface area contributed by atoms with Crippen molar-refractivity contribution in [1.29, 1.82) is 0 Å². The van der Waals surface area contributed by atoms with Crippen LogP contribution < -0.4 is 15.4 Å². The van der Waals surface area contributed by atoms with Crippen LogP contribution in [0.4, 0.5) is 16.2 Å². The fraction of sp³-hybridized carbons (Fsp3) is 0.343. The molecule has 11 heteroatoms. The average molecular weight is 647 g/mol. The molecule has 46 heavy (non-hydrogen) atoms. The summed E-state index contributed by atoms with van der Waals surface area (Å²) in [5.41, 5.74) is 2.10. The Morgan fingerprint density at radius 2 is 1.63 bits per heavy atom. The monoisotopic (exact) mass is 646 g/mol. The number of aryl methyl sites for hydroxylation is 2. The van der Waals surface area contributed by atoms with E-state index in [1.165, 1.54) is 17.0 Å². The number of Topliss-reactive ketones (excluding diaryl/α,β-unsaturated/α-hetero) is 1. The van der Waals surface area contributed by atoms with Crippen molar-refractivity contribution < 1.29 is 28.7 Å². The van der Waals surface area contributed by atoms with Crippen LogP contribution in [0.5, 0.6) is 5.75 Å². The summed E-state index contributed by atoms with van der Waals surface area (Å²) in [7, 11) is 0. The zero-order valence-electron chi connectivity index (χ0n) is 26.8. The van der Waals surface area contributed by atoms with E-state index in [0.29, 0.717) is 17.9 Å². The van der Waals surface area contributed by atoms with Crippen LogP contribution in [0, 0.1) is 19.3 Å². The Morgan fingerprint density at radius 1 is 0.935 bits per heavy atom. The fourth-order valence-electron chi connectivity index (χ4n) is 5.04. The minimum absolute atomic E-state index is 0.0831. The molecule has 3 aromatic rings. The molecule has 0 radical (unpaired) electrons. The van der Waals surface area contributed by atoms with Crippen molar-refractivity contribution in [1.82, 2.24) is 9.80 Å². The Labute approximate surface area is 274 Å². The topological polar surface area (TPSA) is 125 Å². The maximum atomic E-state index is 13.8. The molecule has 0 spiro atoms. The molecule has 5 amide bonds. The molecule has 1 aliphatic rings. The molecule has 3 aromatic carbocycles. The van der Waals surface area contributed by atoms with Gasteiger partial charge in [-0.3, -0.25) is 19.2 Å². The molecule has 1 saturated heterocycles. The Balaban J connectivity index is 1.54. The van der Waals surface area contributed by atoms with Crippen LogP contribution in [-0.2, 0) is 25.7 Å². The molecule has 0 aromatic heterocycles. The maximum Gasteiger partial charge on any atom is 0.328 e. The minimum atomic E-state index is -1.74. The second-order valence-corrected chi connectivity index (χ2v) is 12.8. The molecule has 1 aliphatic heterocycles. The van der Waals surface area contributed by atoms with Crippen LogP contribution in [0.1, 0.15) is 50.8 Å². The summed E-state index contributed by atoms with van der Waals surface area (Å²) in [5.74, 6) is -2.00. The normalized spacial score (nSPS) is 14.6. The van der Waals surface area contributed by atoms with Gasteiger partial charge in [-0.05, 0) is 55.7 Å². The first-order valence-electron chi connectivity index (χ1n) is 15.0. The number of nitrogens with one attached hydrogen (secondary N) is 2. The number of halogens is 1. The summed E-state index contributed by atoms with van der Waals surface area (Å²) in [6.45, 7) is 10.4. The third kappa shape index (κ3) is 7.92. The number of amides is 5. The van der Waals surface area contributed by atoms with Gasteiger partial charge in [-0.2, -0.15) is 0 Å². The lowest BCUT2D eigenvalue weighted by atomic mass is 9.85. The van der Waals surface area contributed by atoms with Gasteiger partial charge in [0.25, 0.3) is 17.7 Å². The van der Waals surface area contributed by atoms with Crippen molar-refractivity contribution in [3.05, 3.63) is 88.4 Å². The van der Waals surface area contributed by atoms with Crippen LogP contribution in [-0.4, -0.2) is 58.0 Å². The van der Waals surface area contributed by atoms with Crippen molar-refractivity contribution in [3.8, 4) is 5.75 Å². The van der Waals surface area contributed by atoms with Crippen molar-refractivity contribution >= 4 is 52.5 Å². The predicted molar refractivity (Wildman–Crippen MR) is 177 cm³/mol. The van der Waals surface area contributed by atoms with Gasteiger partial charge >= 0.3 is 6.03 Å². The second-order valence-electron chi connectivity index (χ2n) is 12.4. The third-order valence-electron chi connectivity index (χ3n) is 7.54. The number of carbonyl (C=O) groups excluding carboxylic acids is 5. The van der Waals surface area contributed by atoms with Gasteiger partial charge in [0.2, 0.25) is 0 Å². The highest BCUT2D eigenvalue weighted by Gasteiger charge is 2.49. The van der Waals surface area contributed by atoms with E-state index in [2.05, 4.69) is 10.6 Å². The number of hydrogen-bond acceptors (Lipinski definition) is 6. The molecule has 2 N–H and O–H groups in total. The van der Waals surface area contributed by atoms with Gasteiger partial charge < -0.3 is 20.3 Å². The molecule has 2 unspecified atom stereocenters. The molecule has 1 heterocycles. The molecule has 242 valence electrons. The molecule has 0 bridgehead atoms. The third-order valence-corrected chi connectivity index (χ3v) is 7.87. The van der Waals surface area contributed by atoms with Gasteiger partial charge in [0, 0.05) is 17.6 Å². The van der Waals surface area contributed by atoms with Gasteiger partial charge in [0.15, 0.2) is 17.9 Å². The molecular formula is C35H39ClN4O6. The summed E-state index contributed by atoms with van der Waals surface area (Å²) < 4.78 is 6.00. The highest BCUT2D eigenvalue weighted by molar-refractivity contribution is 6.34. The number of imide groups is 1. The fourth-order valence-corrected chi connectivity index (χ4v) is 5.21. The van der Waals surface area contributed by atoms with Gasteiger partial charge in [-0.25, -0.2) is 9.69 Å². The number of carbonyl (C=O) groups is 5. The van der Waals surface area contributed by atoms with Crippen LogP contribution in [0.15, 0.2) is 66.7 Å². The first-order valence-corrected chi connectivity index (χ1v) is 15.4. The molecule has 10 nitrogen and oxygen atoms in total. The van der Waals surface area contributed by atoms with E-state index < -0.39 is 47.1 Å². The quantitative estimate of drug-likeness (QED) is 0.190. The Morgan fingerprint density at radius 3 is 2.26 bits per heavy atom. The SMILES string of the molecule is CCC(Oc1ccc(C)cc1C)C(=O)Nc1ccc(Cl)c(NC(=O)C(C(=O)C(C)(C)C)N2C(=O)CN(Cc3ccccc3)C2=O)c1. The van der Waals surface area contributed by atoms with E-state index in [4.69, 9.17) is 16.3 Å². The second kappa shape index (κ2) is 14.2. The summed E-state index contributed by atoms with van der Waals surface area (Å²) in [6.07, 6.45) is -0.401. The predicted octanol–water partition coefficient (Wildman–Crippen LogP) is 6.14. The highest BCUT2D eigenvalue weighted by atomic mass is 35.5. The summed E-state index contributed by atoms with van der Waals surface area (Å²) in [4.78, 5) is 69.2. The Bertz CT molecular complexity index is 1650. The van der Waals surface area contributed by atoms with Crippen LogP contribution >= 0.6 is 11.6 Å². The average Bonchev–Trinajstić information content (AvgIpc) is 3.26. The molecule has 4 rings (SSSR count). The largest absolute Gasteiger partial charge is 0.480 e. The van der Waals surface area contributed by atoms with E-state index in [1.54, 1.807) is 26.8 Å². The van der Waals surface area contributed by atoms with Gasteiger partial charge in [-0.15, -0.1) is 0 Å². The number of benzene rings is 3. The molecular weight excluding hydrogens is 608 g/mol. The van der Waals surface area contributed by atoms with Crippen molar-refractivity contribution in [2.24, 2.45) is 5.41 Å². The lowest BCUT2D eigenvalue weighted by Crippen LogP contribution is -2.55. The van der Waals surface area contributed by atoms with Crippen molar-refractivity contribution in [2.45, 2.75) is 66.7 Å². The lowest BCUT2D eigenvalue weighted by Gasteiger charge is -2.29. The van der Waals surface area contributed by atoms with Gasteiger partial charge in [-0.1, -0.05) is 87.3 Å². The van der Waals surface area contributed by atoms with E-state index in [0.717, 1.165) is 21.6 Å². The Kier molecular flexibility index (Phi) is 10.5. The number of hydrogen-bond donors (Lipinski definition) is 2. The summed E-state index contributed by atoms with van der Waals surface area (Å²) in [5, 5.41) is 5.53. The first-order chi connectivity index (χ1) is 21.7. The van der Waals surface area contributed by atoms with E-state index in [9.17, 15) is 24.0 Å². The smallest absolute Gasteiger partial charge is 0.328 e. The summed E-state index contributed by atoms with van der Waals surface area (Å²) >= 11 is 6.42. The molecule has 2 atom stereocenters. The van der Waals surface area contributed by atoms with Crippen LogP contribution in [0.3, 0.4) is 0 Å². The maximum absolute atomic E-state index is 13.8. The first kappa shape index (κ1) is 34.2. The number of anilines is 2. The van der Waals surface area contributed by atoms with Gasteiger partial charge in [0.1, 0.15) is 12.3 Å². The zero-order chi connectivity index (χ0) is 33.8. The number of ketones is 1. The van der Waals surface area contributed by atoms with Crippen molar-refractivity contribution in [2.75, 3.05) is 17.2 Å². The van der Waals surface area contributed by atoms with Gasteiger partial charge in [0.05, 0.1) is 10.7 Å². The molecule has 0 aliphatic carbocycles. The molecule has 0 saturated carbocycles. The number of urea groups is 1. The lowest BCUT2D eigenvalue weighted by molar-refractivity contribution is -0.143. The Hall–Kier alpha value is -4.70. The highest BCUT2D eigenvalue weighted by Crippen LogP contribution is 2.30. The van der Waals surface area contributed by atoms with E-state index >= 15 is 0 Å². The van der Waals surface area contributed by atoms with Crippen LogP contribution in [0.2, 0.25) is 5.02 Å². The van der Waals surface area contributed by atoms with Crippen molar-refractivity contribution in [3.63, 3.8) is 0 Å². The van der Waals surface area contributed by atoms with E-state index in [1.807, 2.05) is 69.3 Å². The molecule has 1 fully saturated rings. The number of rotatable bonds is 11. The standard InChI is InChI=1S/C35H39ClN4O6/c1-7-27(46-28-16-13-21(2)17-22(28)3)32(43)37-24-14-15-25(36)26(18-24)38-33(44)30(31(42)35(4,5)6)40-29(41)20-39(34(40)45)19-23-11-9-8-10-12-23/h8-18,27,30H,7,19-20H2,1-6H3,(H,37,43)(H,38,44). The number of nitrogens with zero attached hydrogens (tertiary/aromatic N) is 2. The van der Waals surface area contributed by atoms with E-state index in [-0.39, 0.29) is 23.8 Å². The van der Waals surface area contributed by atoms with Crippen LogP contribution in [0.25, 0.3) is 0 Å².